The number of nitrogens with two attached hydrogens (primary N) is 1. The molecule has 0 atom stereocenters. The lowest BCUT2D eigenvalue weighted by Gasteiger charge is -2.29. The Morgan fingerprint density at radius 1 is 1.47 bits per heavy atom. The molecule has 1 fully saturated rings. The van der Waals surface area contributed by atoms with Gasteiger partial charge in [0.25, 0.3) is 0 Å². The Balaban J connectivity index is 2.27. The zero-order valence-corrected chi connectivity index (χ0v) is 11.5. The summed E-state index contributed by atoms with van der Waals surface area (Å²) in [6.07, 6.45) is 1.18. The summed E-state index contributed by atoms with van der Waals surface area (Å²) < 4.78 is 1.71. The Morgan fingerprint density at radius 3 is 2.63 bits per heavy atom. The fourth-order valence-corrected chi connectivity index (χ4v) is 2.35. The number of anilines is 2. The largest absolute Gasteiger partial charge is 0.393 e. The number of nitrogen functional groups attached to an aromatic ring is 1. The summed E-state index contributed by atoms with van der Waals surface area (Å²) in [4.78, 5) is 2.04. The maximum atomic E-state index is 9.54. The van der Waals surface area contributed by atoms with E-state index in [1.54, 1.807) is 4.68 Å². The maximum absolute atomic E-state index is 9.54. The lowest BCUT2D eigenvalue weighted by molar-refractivity contribution is 0.145. The van der Waals surface area contributed by atoms with Crippen molar-refractivity contribution in [2.75, 3.05) is 23.7 Å². The number of nitriles is 1. The van der Waals surface area contributed by atoms with E-state index in [-0.39, 0.29) is 6.10 Å². The first kappa shape index (κ1) is 13.7. The molecule has 0 spiro atoms. The molecule has 1 saturated heterocycles. The molecule has 2 rings (SSSR count). The molecule has 1 aliphatic heterocycles. The van der Waals surface area contributed by atoms with E-state index in [2.05, 4.69) is 25.0 Å². The third-order valence-corrected chi connectivity index (χ3v) is 3.39. The summed E-state index contributed by atoms with van der Waals surface area (Å²) in [6, 6.07) is 2.15. The van der Waals surface area contributed by atoms with Gasteiger partial charge in [-0.05, 0) is 18.8 Å². The molecule has 104 valence electrons. The normalized spacial score (nSPS) is 16.9. The third-order valence-electron chi connectivity index (χ3n) is 3.39. The highest BCUT2D eigenvalue weighted by molar-refractivity contribution is 5.65. The number of aromatic nitrogens is 2. The van der Waals surface area contributed by atoms with Gasteiger partial charge in [-0.1, -0.05) is 13.8 Å². The highest BCUT2D eigenvalue weighted by Crippen LogP contribution is 2.27. The van der Waals surface area contributed by atoms with E-state index in [9.17, 15) is 10.4 Å². The van der Waals surface area contributed by atoms with Crippen molar-refractivity contribution in [1.29, 1.82) is 5.26 Å². The monoisotopic (exact) mass is 263 g/mol. The number of aliphatic hydroxyl groups excluding tert-OH is 1. The van der Waals surface area contributed by atoms with Gasteiger partial charge in [0.15, 0.2) is 5.82 Å². The standard InChI is InChI=1S/C13H21N5O/c1-9(2)8-18-12(15)11(7-14)13(16-18)17-5-3-10(19)4-6-17/h9-10,19H,3-6,8,15H2,1-2H3. The highest BCUT2D eigenvalue weighted by atomic mass is 16.3. The number of nitrogens with zero attached hydrogens (tertiary/aromatic N) is 4. The van der Waals surface area contributed by atoms with Gasteiger partial charge in [0.05, 0.1) is 6.10 Å². The Labute approximate surface area is 113 Å². The Morgan fingerprint density at radius 2 is 2.11 bits per heavy atom. The zero-order chi connectivity index (χ0) is 14.0. The molecule has 6 nitrogen and oxygen atoms in total. The van der Waals surface area contributed by atoms with E-state index in [0.717, 1.165) is 0 Å². The molecule has 0 aliphatic carbocycles. The van der Waals surface area contributed by atoms with E-state index >= 15 is 0 Å². The predicted molar refractivity (Wildman–Crippen MR) is 73.6 cm³/mol. The van der Waals surface area contributed by atoms with E-state index in [1.807, 2.05) is 4.90 Å². The second-order valence-corrected chi connectivity index (χ2v) is 5.49. The molecule has 0 unspecified atom stereocenters. The summed E-state index contributed by atoms with van der Waals surface area (Å²) in [5, 5.41) is 23.3. The molecule has 6 heteroatoms. The van der Waals surface area contributed by atoms with Gasteiger partial charge in [-0.15, -0.1) is 0 Å². The second kappa shape index (κ2) is 5.49. The number of aliphatic hydroxyl groups is 1. The average Bonchev–Trinajstić information content (AvgIpc) is 2.66. The summed E-state index contributed by atoms with van der Waals surface area (Å²) in [6.45, 7) is 6.31. The van der Waals surface area contributed by atoms with Gasteiger partial charge >= 0.3 is 0 Å². The molecule has 1 aromatic rings. The van der Waals surface area contributed by atoms with Crippen LogP contribution in [0.5, 0.6) is 0 Å². The quantitative estimate of drug-likeness (QED) is 0.847. The van der Waals surface area contributed by atoms with Crippen LogP contribution in [0.1, 0.15) is 32.3 Å². The van der Waals surface area contributed by atoms with Crippen molar-refractivity contribution in [2.45, 2.75) is 39.3 Å². The van der Waals surface area contributed by atoms with Crippen molar-refractivity contribution >= 4 is 11.6 Å². The molecular formula is C13H21N5O. The van der Waals surface area contributed by atoms with Gasteiger partial charge in [0.1, 0.15) is 17.5 Å². The smallest absolute Gasteiger partial charge is 0.170 e. The molecule has 0 saturated carbocycles. The van der Waals surface area contributed by atoms with Crippen LogP contribution in [0.25, 0.3) is 0 Å². The third kappa shape index (κ3) is 2.82. The second-order valence-electron chi connectivity index (χ2n) is 5.49. The zero-order valence-electron chi connectivity index (χ0n) is 11.5. The Bertz CT molecular complexity index is 480. The van der Waals surface area contributed by atoms with Gasteiger partial charge in [0, 0.05) is 19.6 Å². The van der Waals surface area contributed by atoms with Gasteiger partial charge in [-0.2, -0.15) is 10.4 Å². The minimum Gasteiger partial charge on any atom is -0.393 e. The van der Waals surface area contributed by atoms with Crippen LogP contribution in [-0.4, -0.2) is 34.1 Å². The van der Waals surface area contributed by atoms with Crippen molar-refractivity contribution in [1.82, 2.24) is 9.78 Å². The molecule has 0 radical (unpaired) electrons. The van der Waals surface area contributed by atoms with Crippen molar-refractivity contribution in [3.05, 3.63) is 5.56 Å². The van der Waals surface area contributed by atoms with E-state index in [1.165, 1.54) is 0 Å². The summed E-state index contributed by atoms with van der Waals surface area (Å²) >= 11 is 0. The SMILES string of the molecule is CC(C)Cn1nc(N2CCC(O)CC2)c(C#N)c1N. The molecular weight excluding hydrogens is 242 g/mol. The molecule has 0 aromatic carbocycles. The van der Waals surface area contributed by atoms with Crippen molar-refractivity contribution in [3.63, 3.8) is 0 Å². The topological polar surface area (TPSA) is 91.1 Å². The van der Waals surface area contributed by atoms with Crippen LogP contribution in [0.4, 0.5) is 11.6 Å². The Kier molecular flexibility index (Phi) is 3.96. The number of hydrogen-bond donors (Lipinski definition) is 2. The lowest BCUT2D eigenvalue weighted by atomic mass is 10.1. The summed E-state index contributed by atoms with van der Waals surface area (Å²) in [7, 11) is 0. The Hall–Kier alpha value is -1.74. The maximum Gasteiger partial charge on any atom is 0.170 e. The minimum atomic E-state index is -0.239. The molecule has 1 aliphatic rings. The molecule has 2 heterocycles. The fourth-order valence-electron chi connectivity index (χ4n) is 2.35. The molecule has 0 bridgehead atoms. The van der Waals surface area contributed by atoms with E-state index in [0.29, 0.717) is 55.6 Å². The molecule has 1 aromatic heterocycles. The first-order valence-corrected chi connectivity index (χ1v) is 6.72. The van der Waals surface area contributed by atoms with Crippen LogP contribution in [0.2, 0.25) is 0 Å². The van der Waals surface area contributed by atoms with Crippen LogP contribution in [0.15, 0.2) is 0 Å². The van der Waals surface area contributed by atoms with Gasteiger partial charge in [0.2, 0.25) is 0 Å². The van der Waals surface area contributed by atoms with Crippen LogP contribution in [-0.2, 0) is 6.54 Å². The number of rotatable bonds is 3. The van der Waals surface area contributed by atoms with Crippen molar-refractivity contribution in [2.24, 2.45) is 5.92 Å². The molecule has 19 heavy (non-hydrogen) atoms. The minimum absolute atomic E-state index is 0.239. The van der Waals surface area contributed by atoms with Crippen LogP contribution in [0, 0.1) is 17.2 Å². The van der Waals surface area contributed by atoms with Gasteiger partial charge in [-0.25, -0.2) is 4.68 Å². The lowest BCUT2D eigenvalue weighted by Crippen LogP contribution is -2.36. The average molecular weight is 263 g/mol. The highest BCUT2D eigenvalue weighted by Gasteiger charge is 2.24. The fraction of sp³-hybridized carbons (Fsp3) is 0.692. The van der Waals surface area contributed by atoms with Gasteiger partial charge < -0.3 is 15.7 Å². The van der Waals surface area contributed by atoms with Crippen molar-refractivity contribution in [3.8, 4) is 6.07 Å². The summed E-state index contributed by atoms with van der Waals surface area (Å²) in [5.41, 5.74) is 6.45. The predicted octanol–water partition coefficient (Wildman–Crippen LogP) is 0.954. The summed E-state index contributed by atoms with van der Waals surface area (Å²) in [5.74, 6) is 1.52. The van der Waals surface area contributed by atoms with E-state index < -0.39 is 0 Å². The van der Waals surface area contributed by atoms with Crippen LogP contribution < -0.4 is 10.6 Å². The van der Waals surface area contributed by atoms with E-state index in [4.69, 9.17) is 5.73 Å². The number of hydrogen-bond acceptors (Lipinski definition) is 5. The van der Waals surface area contributed by atoms with Crippen LogP contribution in [0.3, 0.4) is 0 Å². The number of piperidine rings is 1. The molecule has 0 amide bonds. The van der Waals surface area contributed by atoms with Crippen molar-refractivity contribution < 1.29 is 5.11 Å². The first-order valence-electron chi connectivity index (χ1n) is 6.72. The van der Waals surface area contributed by atoms with Crippen LogP contribution >= 0.6 is 0 Å². The van der Waals surface area contributed by atoms with Gasteiger partial charge in [-0.3, -0.25) is 0 Å². The first-order chi connectivity index (χ1) is 9.02. The molecule has 3 N–H and O–H groups in total.